The Bertz CT molecular complexity index is 843. The van der Waals surface area contributed by atoms with Gasteiger partial charge in [0.15, 0.2) is 15.7 Å². The van der Waals surface area contributed by atoms with Crippen LogP contribution in [0.3, 0.4) is 0 Å². The minimum absolute atomic E-state index is 0.0108. The fourth-order valence-electron chi connectivity index (χ4n) is 2.76. The molecular weight excluding hydrogens is 331 g/mol. The third-order valence-electron chi connectivity index (χ3n) is 3.76. The van der Waals surface area contributed by atoms with Gasteiger partial charge in [-0.3, -0.25) is 0 Å². The van der Waals surface area contributed by atoms with E-state index in [1.807, 2.05) is 0 Å². The van der Waals surface area contributed by atoms with E-state index in [0.717, 1.165) is 6.07 Å². The first-order valence-corrected chi connectivity index (χ1v) is 8.80. The van der Waals surface area contributed by atoms with Gasteiger partial charge in [0.05, 0.1) is 23.1 Å². The molecule has 0 aliphatic carbocycles. The molecule has 2 aromatic rings. The molecule has 1 aliphatic rings. The van der Waals surface area contributed by atoms with Crippen molar-refractivity contribution in [2.45, 2.75) is 25.6 Å². The Kier molecular flexibility index (Phi) is 3.70. The van der Waals surface area contributed by atoms with Crippen molar-refractivity contribution in [2.75, 3.05) is 11.5 Å². The van der Waals surface area contributed by atoms with Crippen molar-refractivity contribution in [2.24, 2.45) is 0 Å². The largest absolute Gasteiger partial charge is 0.417 e. The van der Waals surface area contributed by atoms with Crippen molar-refractivity contribution >= 4 is 9.84 Å². The zero-order chi connectivity index (χ0) is 16.8. The summed E-state index contributed by atoms with van der Waals surface area (Å²) in [5.41, 5.74) is -0.903. The Hall–Kier alpha value is -1.90. The molecule has 2 heterocycles. The van der Waals surface area contributed by atoms with Crippen LogP contribution in [0.15, 0.2) is 24.3 Å². The summed E-state index contributed by atoms with van der Waals surface area (Å²) in [5.74, 6) is 0.243. The lowest BCUT2D eigenvalue weighted by Gasteiger charge is -2.15. The van der Waals surface area contributed by atoms with E-state index < -0.39 is 27.6 Å². The Morgan fingerprint density at radius 3 is 2.57 bits per heavy atom. The number of benzene rings is 1. The van der Waals surface area contributed by atoms with Crippen molar-refractivity contribution in [3.05, 3.63) is 35.7 Å². The van der Waals surface area contributed by atoms with Gasteiger partial charge >= 0.3 is 6.18 Å². The summed E-state index contributed by atoms with van der Waals surface area (Å²) >= 11 is 0. The van der Waals surface area contributed by atoms with Gasteiger partial charge in [0, 0.05) is 5.56 Å². The first kappa shape index (κ1) is 16.0. The minimum Gasteiger partial charge on any atom is -0.241 e. The van der Waals surface area contributed by atoms with E-state index in [-0.39, 0.29) is 22.9 Å². The first-order valence-electron chi connectivity index (χ1n) is 6.97. The predicted molar refractivity (Wildman–Crippen MR) is 77.5 cm³/mol. The molecule has 1 aromatic heterocycles. The molecule has 1 atom stereocenters. The fourth-order valence-corrected chi connectivity index (χ4v) is 4.45. The fraction of sp³-hybridized carbons (Fsp3) is 0.429. The van der Waals surface area contributed by atoms with Crippen LogP contribution in [0.1, 0.15) is 23.9 Å². The summed E-state index contributed by atoms with van der Waals surface area (Å²) in [4.78, 5) is 4.10. The molecule has 1 aromatic carbocycles. The van der Waals surface area contributed by atoms with E-state index >= 15 is 0 Å². The van der Waals surface area contributed by atoms with E-state index in [0.29, 0.717) is 12.2 Å². The summed E-state index contributed by atoms with van der Waals surface area (Å²) in [6.45, 7) is 1.57. The lowest BCUT2D eigenvalue weighted by atomic mass is 10.1. The maximum atomic E-state index is 13.2. The van der Waals surface area contributed by atoms with Gasteiger partial charge in [-0.2, -0.15) is 18.3 Å². The van der Waals surface area contributed by atoms with Gasteiger partial charge in [-0.05, 0) is 19.4 Å². The second kappa shape index (κ2) is 5.33. The van der Waals surface area contributed by atoms with Gasteiger partial charge in [-0.25, -0.2) is 18.1 Å². The average molecular weight is 345 g/mol. The van der Waals surface area contributed by atoms with Crippen molar-refractivity contribution in [3.63, 3.8) is 0 Å². The number of hydrogen-bond donors (Lipinski definition) is 0. The summed E-state index contributed by atoms with van der Waals surface area (Å²) in [7, 11) is -3.18. The Balaban J connectivity index is 2.13. The topological polar surface area (TPSA) is 64.8 Å². The van der Waals surface area contributed by atoms with Crippen molar-refractivity contribution in [3.8, 4) is 11.4 Å². The summed E-state index contributed by atoms with van der Waals surface area (Å²) < 4.78 is 64.3. The summed E-state index contributed by atoms with van der Waals surface area (Å²) in [6, 6.07) is 4.61. The van der Waals surface area contributed by atoms with Gasteiger partial charge < -0.3 is 0 Å². The average Bonchev–Trinajstić information content (AvgIpc) is 3.00. The number of sulfone groups is 1. The molecule has 1 fully saturated rings. The maximum Gasteiger partial charge on any atom is 0.417 e. The standard InChI is InChI=1S/C14H14F3N3O2S/c1-9-18-13(11-4-2-3-5-12(11)14(15,16)17)20(19-9)10-6-7-23(21,22)8-10/h2-5,10H,6-8H2,1H3/t10-/m1/s1. The van der Waals surface area contributed by atoms with Crippen LogP contribution in [0.2, 0.25) is 0 Å². The summed E-state index contributed by atoms with van der Waals surface area (Å²) in [6.07, 6.45) is -4.20. The van der Waals surface area contributed by atoms with Crippen molar-refractivity contribution in [1.29, 1.82) is 0 Å². The lowest BCUT2D eigenvalue weighted by molar-refractivity contribution is -0.137. The molecule has 0 spiro atoms. The van der Waals surface area contributed by atoms with Crippen LogP contribution < -0.4 is 0 Å². The zero-order valence-electron chi connectivity index (χ0n) is 12.2. The molecule has 9 heteroatoms. The molecule has 5 nitrogen and oxygen atoms in total. The zero-order valence-corrected chi connectivity index (χ0v) is 13.0. The van der Waals surface area contributed by atoms with Crippen molar-refractivity contribution < 1.29 is 21.6 Å². The van der Waals surface area contributed by atoms with Gasteiger partial charge in [0.2, 0.25) is 0 Å². The Labute approximate surface area is 131 Å². The second-order valence-corrected chi connectivity index (χ2v) is 7.76. The molecule has 0 saturated carbocycles. The predicted octanol–water partition coefficient (Wildman–Crippen LogP) is 2.63. The SMILES string of the molecule is Cc1nc(-c2ccccc2C(F)(F)F)n([C@@H]2CCS(=O)(=O)C2)n1. The van der Waals surface area contributed by atoms with E-state index in [2.05, 4.69) is 10.1 Å². The van der Waals surface area contributed by atoms with E-state index in [1.54, 1.807) is 6.92 Å². The highest BCUT2D eigenvalue weighted by Crippen LogP contribution is 2.37. The van der Waals surface area contributed by atoms with Crippen LogP contribution in [-0.4, -0.2) is 34.7 Å². The maximum absolute atomic E-state index is 13.2. The molecule has 1 aliphatic heterocycles. The van der Waals surface area contributed by atoms with Crippen LogP contribution in [0.25, 0.3) is 11.4 Å². The number of rotatable bonds is 2. The smallest absolute Gasteiger partial charge is 0.241 e. The normalized spacial score (nSPS) is 20.8. The number of aryl methyl sites for hydroxylation is 1. The molecule has 3 rings (SSSR count). The molecule has 23 heavy (non-hydrogen) atoms. The van der Waals surface area contributed by atoms with Gasteiger partial charge in [-0.15, -0.1) is 0 Å². The Morgan fingerprint density at radius 2 is 1.96 bits per heavy atom. The number of nitrogens with zero attached hydrogens (tertiary/aromatic N) is 3. The minimum atomic E-state index is -4.52. The van der Waals surface area contributed by atoms with Crippen LogP contribution in [0.4, 0.5) is 13.2 Å². The molecule has 0 amide bonds. The highest BCUT2D eigenvalue weighted by molar-refractivity contribution is 7.91. The molecule has 1 saturated heterocycles. The van der Waals surface area contributed by atoms with Gasteiger partial charge in [0.1, 0.15) is 5.82 Å². The summed E-state index contributed by atoms with van der Waals surface area (Å²) in [5, 5.41) is 4.13. The van der Waals surface area contributed by atoms with E-state index in [9.17, 15) is 21.6 Å². The molecular formula is C14H14F3N3O2S. The molecule has 0 N–H and O–H groups in total. The van der Waals surface area contributed by atoms with E-state index in [4.69, 9.17) is 0 Å². The third-order valence-corrected chi connectivity index (χ3v) is 5.52. The van der Waals surface area contributed by atoms with Crippen LogP contribution >= 0.6 is 0 Å². The molecule has 124 valence electrons. The quantitative estimate of drug-likeness (QED) is 0.839. The molecule has 0 unspecified atom stereocenters. The van der Waals surface area contributed by atoms with Crippen molar-refractivity contribution in [1.82, 2.24) is 14.8 Å². The Morgan fingerprint density at radius 1 is 1.26 bits per heavy atom. The second-order valence-electron chi connectivity index (χ2n) is 5.53. The van der Waals surface area contributed by atoms with E-state index in [1.165, 1.54) is 22.9 Å². The highest BCUT2D eigenvalue weighted by atomic mass is 32.2. The monoisotopic (exact) mass is 345 g/mol. The number of halogens is 3. The lowest BCUT2D eigenvalue weighted by Crippen LogP contribution is -2.15. The first-order chi connectivity index (χ1) is 10.7. The number of hydrogen-bond acceptors (Lipinski definition) is 4. The van der Waals surface area contributed by atoms with Gasteiger partial charge in [0.25, 0.3) is 0 Å². The van der Waals surface area contributed by atoms with Gasteiger partial charge in [-0.1, -0.05) is 18.2 Å². The third kappa shape index (κ3) is 3.10. The number of alkyl halides is 3. The number of aromatic nitrogens is 3. The molecule has 0 bridgehead atoms. The van der Waals surface area contributed by atoms with Crippen LogP contribution in [0, 0.1) is 6.92 Å². The van der Waals surface area contributed by atoms with Crippen LogP contribution in [0.5, 0.6) is 0 Å². The molecule has 0 radical (unpaired) electrons. The highest BCUT2D eigenvalue weighted by Gasteiger charge is 2.37. The van der Waals surface area contributed by atoms with Crippen LogP contribution in [-0.2, 0) is 16.0 Å².